The van der Waals surface area contributed by atoms with E-state index in [0.717, 1.165) is 5.69 Å². The van der Waals surface area contributed by atoms with Crippen molar-refractivity contribution in [3.8, 4) is 5.75 Å². The van der Waals surface area contributed by atoms with Gasteiger partial charge in [0.15, 0.2) is 6.61 Å². The fraction of sp³-hybridized carbons (Fsp3) is 0.273. The summed E-state index contributed by atoms with van der Waals surface area (Å²) < 4.78 is 5.28. The quantitative estimate of drug-likeness (QED) is 0.768. The van der Waals surface area contributed by atoms with Gasteiger partial charge in [-0.2, -0.15) is 0 Å². The normalized spacial score (nSPS) is 13.9. The van der Waals surface area contributed by atoms with Crippen LogP contribution in [0.25, 0.3) is 0 Å². The summed E-state index contributed by atoms with van der Waals surface area (Å²) in [4.78, 5) is 23.9. The van der Waals surface area contributed by atoms with Crippen LogP contribution in [-0.4, -0.2) is 32.0 Å². The lowest BCUT2D eigenvalue weighted by Crippen LogP contribution is -2.43. The molecule has 2 rings (SSSR count). The van der Waals surface area contributed by atoms with Crippen molar-refractivity contribution in [2.24, 2.45) is 5.73 Å². The van der Waals surface area contributed by atoms with Crippen molar-refractivity contribution in [2.45, 2.75) is 0 Å². The molecule has 2 amide bonds. The Labute approximate surface area is 98.3 Å². The van der Waals surface area contributed by atoms with Crippen LogP contribution >= 0.6 is 0 Å². The standard InChI is InChI=1S/C11H13N3O3/c1-13-7-2-3-9-8(4-7)14(5-10(12)15)11(16)6-17-9/h2-4,13H,5-6H2,1H3,(H2,12,15). The molecule has 1 aromatic rings. The van der Waals surface area contributed by atoms with Crippen LogP contribution in [0.4, 0.5) is 11.4 Å². The lowest BCUT2D eigenvalue weighted by molar-refractivity contribution is -0.124. The number of benzene rings is 1. The zero-order chi connectivity index (χ0) is 12.4. The molecule has 0 saturated heterocycles. The molecule has 17 heavy (non-hydrogen) atoms. The molecule has 1 heterocycles. The molecular formula is C11H13N3O3. The monoisotopic (exact) mass is 235 g/mol. The highest BCUT2D eigenvalue weighted by molar-refractivity contribution is 6.02. The smallest absolute Gasteiger partial charge is 0.265 e. The van der Waals surface area contributed by atoms with Gasteiger partial charge in [-0.15, -0.1) is 0 Å². The van der Waals surface area contributed by atoms with Crippen molar-refractivity contribution < 1.29 is 14.3 Å². The first-order valence-corrected chi connectivity index (χ1v) is 5.15. The molecule has 1 aromatic carbocycles. The highest BCUT2D eigenvalue weighted by atomic mass is 16.5. The number of nitrogens with two attached hydrogens (primary N) is 1. The lowest BCUT2D eigenvalue weighted by atomic mass is 10.2. The van der Waals surface area contributed by atoms with Crippen molar-refractivity contribution >= 4 is 23.2 Å². The van der Waals surface area contributed by atoms with Crippen LogP contribution in [0, 0.1) is 0 Å². The molecule has 1 aliphatic heterocycles. The SMILES string of the molecule is CNc1ccc2c(c1)N(CC(N)=O)C(=O)CO2. The number of carbonyl (C=O) groups excluding carboxylic acids is 2. The van der Waals surface area contributed by atoms with Gasteiger partial charge >= 0.3 is 0 Å². The Hall–Kier alpha value is -2.24. The molecule has 0 bridgehead atoms. The van der Waals surface area contributed by atoms with Crippen molar-refractivity contribution in [3.05, 3.63) is 18.2 Å². The van der Waals surface area contributed by atoms with E-state index in [0.29, 0.717) is 11.4 Å². The van der Waals surface area contributed by atoms with E-state index in [-0.39, 0.29) is 19.1 Å². The average Bonchev–Trinajstić information content (AvgIpc) is 2.32. The van der Waals surface area contributed by atoms with Crippen LogP contribution in [0.1, 0.15) is 0 Å². The zero-order valence-electron chi connectivity index (χ0n) is 9.40. The maximum atomic E-state index is 11.7. The van der Waals surface area contributed by atoms with E-state index in [4.69, 9.17) is 10.5 Å². The Kier molecular flexibility index (Phi) is 2.86. The summed E-state index contributed by atoms with van der Waals surface area (Å²) in [6.45, 7) is -0.207. The summed E-state index contributed by atoms with van der Waals surface area (Å²) in [5, 5.41) is 2.96. The van der Waals surface area contributed by atoms with Gasteiger partial charge in [0.2, 0.25) is 5.91 Å². The highest BCUT2D eigenvalue weighted by Crippen LogP contribution is 2.34. The van der Waals surface area contributed by atoms with E-state index in [1.807, 2.05) is 6.07 Å². The number of nitrogens with zero attached hydrogens (tertiary/aromatic N) is 1. The topological polar surface area (TPSA) is 84.7 Å². The molecule has 0 saturated carbocycles. The zero-order valence-corrected chi connectivity index (χ0v) is 9.40. The molecule has 0 fully saturated rings. The maximum absolute atomic E-state index is 11.7. The molecule has 0 atom stereocenters. The third-order valence-electron chi connectivity index (χ3n) is 2.50. The first kappa shape index (κ1) is 11.3. The van der Waals surface area contributed by atoms with E-state index in [2.05, 4.69) is 5.32 Å². The average molecular weight is 235 g/mol. The van der Waals surface area contributed by atoms with E-state index >= 15 is 0 Å². The summed E-state index contributed by atoms with van der Waals surface area (Å²) in [6.07, 6.45) is 0. The second-order valence-electron chi connectivity index (χ2n) is 3.67. The van der Waals surface area contributed by atoms with Crippen molar-refractivity contribution in [1.29, 1.82) is 0 Å². The van der Waals surface area contributed by atoms with E-state index in [1.54, 1.807) is 19.2 Å². The third kappa shape index (κ3) is 2.15. The maximum Gasteiger partial charge on any atom is 0.265 e. The largest absolute Gasteiger partial charge is 0.482 e. The van der Waals surface area contributed by atoms with Gasteiger partial charge in [0.1, 0.15) is 12.3 Å². The highest BCUT2D eigenvalue weighted by Gasteiger charge is 2.26. The Morgan fingerprint density at radius 2 is 2.35 bits per heavy atom. The van der Waals surface area contributed by atoms with Gasteiger partial charge in [-0.1, -0.05) is 0 Å². The van der Waals surface area contributed by atoms with Gasteiger partial charge in [0.05, 0.1) is 5.69 Å². The van der Waals surface area contributed by atoms with Gasteiger partial charge < -0.3 is 15.8 Å². The summed E-state index contributed by atoms with van der Waals surface area (Å²) in [5.41, 5.74) is 6.52. The fourth-order valence-corrected chi connectivity index (χ4v) is 1.69. The van der Waals surface area contributed by atoms with Gasteiger partial charge in [0.25, 0.3) is 5.91 Å². The molecule has 0 unspecified atom stereocenters. The Balaban J connectivity index is 2.41. The Morgan fingerprint density at radius 3 is 3.00 bits per heavy atom. The van der Waals surface area contributed by atoms with Crippen molar-refractivity contribution in [1.82, 2.24) is 0 Å². The molecule has 0 radical (unpaired) electrons. The number of hydrogen-bond acceptors (Lipinski definition) is 4. The fourth-order valence-electron chi connectivity index (χ4n) is 1.69. The first-order valence-electron chi connectivity index (χ1n) is 5.15. The minimum atomic E-state index is -0.555. The van der Waals surface area contributed by atoms with Crippen LogP contribution in [0.2, 0.25) is 0 Å². The predicted molar refractivity (Wildman–Crippen MR) is 63.0 cm³/mol. The molecule has 3 N–H and O–H groups in total. The Bertz CT molecular complexity index is 473. The second kappa shape index (κ2) is 4.32. The van der Waals surface area contributed by atoms with Crippen LogP contribution in [0.15, 0.2) is 18.2 Å². The molecule has 0 spiro atoms. The van der Waals surface area contributed by atoms with Crippen molar-refractivity contribution in [2.75, 3.05) is 30.4 Å². The summed E-state index contributed by atoms with van der Waals surface area (Å²) in [6, 6.07) is 5.33. The number of ether oxygens (including phenoxy) is 1. The number of amides is 2. The Morgan fingerprint density at radius 1 is 1.59 bits per heavy atom. The molecule has 90 valence electrons. The number of rotatable bonds is 3. The van der Waals surface area contributed by atoms with Gasteiger partial charge in [0, 0.05) is 12.7 Å². The molecule has 0 aromatic heterocycles. The molecule has 6 heteroatoms. The first-order chi connectivity index (χ1) is 8.11. The number of hydrogen-bond donors (Lipinski definition) is 2. The molecule has 1 aliphatic rings. The van der Waals surface area contributed by atoms with Crippen molar-refractivity contribution in [3.63, 3.8) is 0 Å². The number of anilines is 2. The van der Waals surface area contributed by atoms with Crippen LogP contribution in [-0.2, 0) is 9.59 Å². The minimum absolute atomic E-state index is 0.0703. The van der Waals surface area contributed by atoms with Gasteiger partial charge in [-0.3, -0.25) is 14.5 Å². The molecule has 6 nitrogen and oxygen atoms in total. The van der Waals surface area contributed by atoms with Crippen LogP contribution < -0.4 is 20.7 Å². The number of fused-ring (bicyclic) bond motifs is 1. The lowest BCUT2D eigenvalue weighted by Gasteiger charge is -2.28. The third-order valence-corrected chi connectivity index (χ3v) is 2.50. The summed E-state index contributed by atoms with van der Waals surface area (Å²) >= 11 is 0. The summed E-state index contributed by atoms with van der Waals surface area (Å²) in [5.74, 6) is -0.254. The van der Waals surface area contributed by atoms with Crippen LogP contribution in [0.5, 0.6) is 5.75 Å². The van der Waals surface area contributed by atoms with E-state index in [9.17, 15) is 9.59 Å². The number of nitrogens with one attached hydrogen (secondary N) is 1. The number of primary amides is 1. The molecule has 0 aliphatic carbocycles. The molecular weight excluding hydrogens is 222 g/mol. The van der Waals surface area contributed by atoms with E-state index < -0.39 is 5.91 Å². The number of carbonyl (C=O) groups is 2. The van der Waals surface area contributed by atoms with E-state index in [1.165, 1.54) is 4.90 Å². The van der Waals surface area contributed by atoms with Crippen LogP contribution in [0.3, 0.4) is 0 Å². The summed E-state index contributed by atoms with van der Waals surface area (Å²) in [7, 11) is 1.77. The predicted octanol–water partition coefficient (Wildman–Crippen LogP) is -0.0610. The van der Waals surface area contributed by atoms with Gasteiger partial charge in [-0.05, 0) is 18.2 Å². The minimum Gasteiger partial charge on any atom is -0.482 e. The van der Waals surface area contributed by atoms with Gasteiger partial charge in [-0.25, -0.2) is 0 Å². The second-order valence-corrected chi connectivity index (χ2v) is 3.67.